The van der Waals surface area contributed by atoms with E-state index in [1.54, 1.807) is 4.68 Å². The zero-order valence-corrected chi connectivity index (χ0v) is 10.3. The predicted molar refractivity (Wildman–Crippen MR) is 64.3 cm³/mol. The van der Waals surface area contributed by atoms with Gasteiger partial charge >= 0.3 is 0 Å². The van der Waals surface area contributed by atoms with Gasteiger partial charge in [0.15, 0.2) is 5.82 Å². The molecule has 1 heterocycles. The topological polar surface area (TPSA) is 52.8 Å². The summed E-state index contributed by atoms with van der Waals surface area (Å²) in [5.74, 6) is 1.62. The second-order valence-corrected chi connectivity index (χ2v) is 3.99. The van der Waals surface area contributed by atoms with Crippen molar-refractivity contribution in [1.29, 1.82) is 0 Å². The van der Waals surface area contributed by atoms with E-state index in [1.165, 1.54) is 0 Å². The summed E-state index contributed by atoms with van der Waals surface area (Å²) in [4.78, 5) is 0. The van der Waals surface area contributed by atoms with Gasteiger partial charge in [0.05, 0.1) is 6.10 Å². The largest absolute Gasteiger partial charge is 0.489 e. The summed E-state index contributed by atoms with van der Waals surface area (Å²) in [5, 5.41) is 11.7. The number of aromatic nitrogens is 4. The van der Waals surface area contributed by atoms with Crippen molar-refractivity contribution in [1.82, 2.24) is 20.2 Å². The molecule has 2 aromatic rings. The molecule has 0 atom stereocenters. The normalized spacial score (nSPS) is 10.8. The Morgan fingerprint density at radius 3 is 2.76 bits per heavy atom. The first-order valence-electron chi connectivity index (χ1n) is 5.75. The summed E-state index contributed by atoms with van der Waals surface area (Å²) < 4.78 is 7.47. The number of aryl methyl sites for hydroxylation is 1. The number of para-hydroxylation sites is 2. The van der Waals surface area contributed by atoms with Gasteiger partial charge in [-0.3, -0.25) is 0 Å². The second-order valence-electron chi connectivity index (χ2n) is 3.99. The molecule has 0 aliphatic carbocycles. The van der Waals surface area contributed by atoms with Crippen LogP contribution in [0.25, 0.3) is 5.69 Å². The Morgan fingerprint density at radius 1 is 1.29 bits per heavy atom. The van der Waals surface area contributed by atoms with Gasteiger partial charge in [0.1, 0.15) is 11.4 Å². The summed E-state index contributed by atoms with van der Waals surface area (Å²) in [7, 11) is 0. The molecule has 0 aliphatic heterocycles. The van der Waals surface area contributed by atoms with E-state index in [9.17, 15) is 0 Å². The van der Waals surface area contributed by atoms with Crippen LogP contribution in [0.15, 0.2) is 24.3 Å². The van der Waals surface area contributed by atoms with Crippen molar-refractivity contribution in [2.24, 2.45) is 0 Å². The number of nitrogens with zero attached hydrogens (tertiary/aromatic N) is 4. The van der Waals surface area contributed by atoms with Crippen LogP contribution in [0.2, 0.25) is 0 Å². The Morgan fingerprint density at radius 2 is 2.06 bits per heavy atom. The van der Waals surface area contributed by atoms with Crippen LogP contribution < -0.4 is 4.74 Å². The van der Waals surface area contributed by atoms with Crippen molar-refractivity contribution in [2.75, 3.05) is 0 Å². The minimum absolute atomic E-state index is 0.123. The molecule has 0 fully saturated rings. The van der Waals surface area contributed by atoms with Crippen molar-refractivity contribution >= 4 is 0 Å². The van der Waals surface area contributed by atoms with Crippen LogP contribution in [0, 0.1) is 0 Å². The molecule has 0 N–H and O–H groups in total. The highest BCUT2D eigenvalue weighted by Crippen LogP contribution is 2.23. The number of rotatable bonds is 4. The minimum Gasteiger partial charge on any atom is -0.489 e. The van der Waals surface area contributed by atoms with Gasteiger partial charge < -0.3 is 4.74 Å². The fraction of sp³-hybridized carbons (Fsp3) is 0.417. The number of ether oxygens (including phenoxy) is 1. The molecule has 0 saturated heterocycles. The molecule has 5 heteroatoms. The molecule has 90 valence electrons. The molecular weight excluding hydrogens is 216 g/mol. The van der Waals surface area contributed by atoms with Gasteiger partial charge in [-0.15, -0.1) is 5.10 Å². The van der Waals surface area contributed by atoms with Crippen molar-refractivity contribution in [2.45, 2.75) is 33.3 Å². The Balaban J connectivity index is 2.44. The first-order chi connectivity index (χ1) is 8.22. The highest BCUT2D eigenvalue weighted by Gasteiger charge is 2.11. The second kappa shape index (κ2) is 4.95. The van der Waals surface area contributed by atoms with Gasteiger partial charge in [-0.1, -0.05) is 19.1 Å². The lowest BCUT2D eigenvalue weighted by molar-refractivity contribution is 0.241. The smallest absolute Gasteiger partial charge is 0.156 e. The average molecular weight is 232 g/mol. The zero-order chi connectivity index (χ0) is 12.3. The lowest BCUT2D eigenvalue weighted by Gasteiger charge is -2.14. The van der Waals surface area contributed by atoms with Crippen LogP contribution in [0.4, 0.5) is 0 Å². The first-order valence-corrected chi connectivity index (χ1v) is 5.75. The van der Waals surface area contributed by atoms with Crippen LogP contribution in [0.5, 0.6) is 5.75 Å². The number of hydrogen-bond donors (Lipinski definition) is 0. The summed E-state index contributed by atoms with van der Waals surface area (Å²) in [6.45, 7) is 6.02. The minimum atomic E-state index is 0.123. The fourth-order valence-corrected chi connectivity index (χ4v) is 1.60. The van der Waals surface area contributed by atoms with E-state index in [0.717, 1.165) is 23.7 Å². The van der Waals surface area contributed by atoms with Crippen LogP contribution in [-0.4, -0.2) is 26.3 Å². The van der Waals surface area contributed by atoms with Crippen molar-refractivity contribution < 1.29 is 4.74 Å². The summed E-state index contributed by atoms with van der Waals surface area (Å²) in [5.41, 5.74) is 0.878. The van der Waals surface area contributed by atoms with Crippen LogP contribution in [0.3, 0.4) is 0 Å². The highest BCUT2D eigenvalue weighted by molar-refractivity contribution is 5.46. The van der Waals surface area contributed by atoms with Crippen LogP contribution in [-0.2, 0) is 6.42 Å². The molecule has 0 amide bonds. The molecule has 0 bridgehead atoms. The van der Waals surface area contributed by atoms with E-state index in [-0.39, 0.29) is 6.10 Å². The third-order valence-corrected chi connectivity index (χ3v) is 2.31. The van der Waals surface area contributed by atoms with Gasteiger partial charge in [0, 0.05) is 6.42 Å². The molecule has 2 rings (SSSR count). The van der Waals surface area contributed by atoms with Crippen LogP contribution >= 0.6 is 0 Å². The molecule has 0 spiro atoms. The molecule has 0 saturated carbocycles. The number of tetrazole rings is 1. The maximum atomic E-state index is 5.75. The van der Waals surface area contributed by atoms with E-state index in [4.69, 9.17) is 4.74 Å². The first kappa shape index (κ1) is 11.6. The third kappa shape index (κ3) is 2.43. The standard InChI is InChI=1S/C12H16N4O/c1-4-12-13-14-15-16(12)10-7-5-6-8-11(10)17-9(2)3/h5-9H,4H2,1-3H3. The molecule has 5 nitrogen and oxygen atoms in total. The SMILES string of the molecule is CCc1nnnn1-c1ccccc1OC(C)C. The van der Waals surface area contributed by atoms with Gasteiger partial charge in [0.2, 0.25) is 0 Å². The molecular formula is C12H16N4O. The molecule has 0 unspecified atom stereocenters. The Bertz CT molecular complexity index is 493. The Kier molecular flexibility index (Phi) is 3.37. The van der Waals surface area contributed by atoms with E-state index in [0.29, 0.717) is 0 Å². The lowest BCUT2D eigenvalue weighted by atomic mass is 10.3. The lowest BCUT2D eigenvalue weighted by Crippen LogP contribution is -2.10. The van der Waals surface area contributed by atoms with E-state index in [2.05, 4.69) is 15.5 Å². The van der Waals surface area contributed by atoms with Crippen molar-refractivity contribution in [3.63, 3.8) is 0 Å². The zero-order valence-electron chi connectivity index (χ0n) is 10.3. The van der Waals surface area contributed by atoms with Crippen LogP contribution in [0.1, 0.15) is 26.6 Å². The monoisotopic (exact) mass is 232 g/mol. The van der Waals surface area contributed by atoms with Gasteiger partial charge in [0.25, 0.3) is 0 Å². The number of benzene rings is 1. The van der Waals surface area contributed by atoms with Gasteiger partial charge in [-0.25, -0.2) is 0 Å². The average Bonchev–Trinajstić information content (AvgIpc) is 2.77. The van der Waals surface area contributed by atoms with Crippen molar-refractivity contribution in [3.05, 3.63) is 30.1 Å². The molecule has 1 aromatic heterocycles. The molecule has 17 heavy (non-hydrogen) atoms. The maximum Gasteiger partial charge on any atom is 0.156 e. The predicted octanol–water partition coefficient (Wildman–Crippen LogP) is 2.01. The van der Waals surface area contributed by atoms with E-state index < -0.39 is 0 Å². The molecule has 0 radical (unpaired) electrons. The van der Waals surface area contributed by atoms with E-state index >= 15 is 0 Å². The fourth-order valence-electron chi connectivity index (χ4n) is 1.60. The quantitative estimate of drug-likeness (QED) is 0.809. The summed E-state index contributed by atoms with van der Waals surface area (Å²) in [6, 6.07) is 7.77. The molecule has 0 aliphatic rings. The van der Waals surface area contributed by atoms with Gasteiger partial charge in [-0.05, 0) is 36.4 Å². The number of hydrogen-bond acceptors (Lipinski definition) is 4. The summed E-state index contributed by atoms with van der Waals surface area (Å²) >= 11 is 0. The van der Waals surface area contributed by atoms with Crippen molar-refractivity contribution in [3.8, 4) is 11.4 Å². The summed E-state index contributed by atoms with van der Waals surface area (Å²) in [6.07, 6.45) is 0.904. The molecule has 1 aromatic carbocycles. The highest BCUT2D eigenvalue weighted by atomic mass is 16.5. The van der Waals surface area contributed by atoms with E-state index in [1.807, 2.05) is 45.0 Å². The van der Waals surface area contributed by atoms with Gasteiger partial charge in [-0.2, -0.15) is 4.68 Å². The Hall–Kier alpha value is -1.91. The Labute approximate surface area is 100 Å². The maximum absolute atomic E-state index is 5.75. The third-order valence-electron chi connectivity index (χ3n) is 2.31.